The number of halogens is 3. The molecule has 0 unspecified atom stereocenters. The van der Waals surface area contributed by atoms with Gasteiger partial charge in [-0.05, 0) is 23.7 Å². The highest BCUT2D eigenvalue weighted by molar-refractivity contribution is 7.08. The summed E-state index contributed by atoms with van der Waals surface area (Å²) in [6.07, 6.45) is -2.86. The highest BCUT2D eigenvalue weighted by atomic mass is 35.5. The minimum Gasteiger partial charge on any atom is -0.495 e. The van der Waals surface area contributed by atoms with Gasteiger partial charge in [-0.1, -0.05) is 16.1 Å². The van der Waals surface area contributed by atoms with Gasteiger partial charge in [-0.15, -0.1) is 5.10 Å². The van der Waals surface area contributed by atoms with Crippen molar-refractivity contribution in [3.8, 4) is 5.75 Å². The van der Waals surface area contributed by atoms with Crippen LogP contribution >= 0.6 is 23.1 Å². The van der Waals surface area contributed by atoms with Gasteiger partial charge < -0.3 is 10.1 Å². The normalized spacial score (nSPS) is 10.7. The molecule has 0 spiro atoms. The van der Waals surface area contributed by atoms with Crippen LogP contribution in [0.15, 0.2) is 18.2 Å². The summed E-state index contributed by atoms with van der Waals surface area (Å²) in [4.78, 5) is 11.7. The van der Waals surface area contributed by atoms with E-state index in [9.17, 15) is 13.6 Å². The molecule has 0 aliphatic rings. The minimum atomic E-state index is -2.86. The highest BCUT2D eigenvalue weighted by Gasteiger charge is 2.24. The van der Waals surface area contributed by atoms with Crippen LogP contribution in [0.4, 0.5) is 14.5 Å². The Balaban J connectivity index is 2.26. The molecule has 20 heavy (non-hydrogen) atoms. The third kappa shape index (κ3) is 3.02. The van der Waals surface area contributed by atoms with Crippen LogP contribution < -0.4 is 10.1 Å². The number of nitrogens with one attached hydrogen (secondary N) is 1. The Hall–Kier alpha value is -1.80. The highest BCUT2D eigenvalue weighted by Crippen LogP contribution is 2.29. The van der Waals surface area contributed by atoms with Crippen molar-refractivity contribution in [3.63, 3.8) is 0 Å². The molecule has 1 N–H and O–H groups in total. The molecule has 0 radical (unpaired) electrons. The topological polar surface area (TPSA) is 64.1 Å². The molecule has 9 heteroatoms. The van der Waals surface area contributed by atoms with Crippen molar-refractivity contribution in [1.82, 2.24) is 9.59 Å². The summed E-state index contributed by atoms with van der Waals surface area (Å²) in [5, 5.41) is 6.12. The fraction of sp³-hybridized carbons (Fsp3) is 0.182. The average Bonchev–Trinajstić information content (AvgIpc) is 2.90. The summed E-state index contributed by atoms with van der Waals surface area (Å²) in [5.74, 6) is -0.405. The molecule has 1 aromatic carbocycles. The summed E-state index contributed by atoms with van der Waals surface area (Å²) in [7, 11) is 1.40. The second-order valence-electron chi connectivity index (χ2n) is 3.59. The van der Waals surface area contributed by atoms with Gasteiger partial charge in [0.1, 0.15) is 10.6 Å². The zero-order valence-electron chi connectivity index (χ0n) is 10.1. The van der Waals surface area contributed by atoms with E-state index in [0.717, 1.165) is 0 Å². The van der Waals surface area contributed by atoms with Crippen LogP contribution in [-0.4, -0.2) is 22.6 Å². The molecule has 1 aromatic heterocycles. The number of methoxy groups -OCH3 is 1. The fourth-order valence-electron chi connectivity index (χ4n) is 1.45. The molecule has 0 fully saturated rings. The predicted molar refractivity (Wildman–Crippen MR) is 70.8 cm³/mol. The second kappa shape index (κ2) is 6.10. The number of rotatable bonds is 4. The van der Waals surface area contributed by atoms with Crippen molar-refractivity contribution in [2.24, 2.45) is 0 Å². The first-order chi connectivity index (χ1) is 9.52. The molecule has 2 aromatic rings. The third-order valence-electron chi connectivity index (χ3n) is 2.34. The lowest BCUT2D eigenvalue weighted by molar-refractivity contribution is 0.101. The van der Waals surface area contributed by atoms with E-state index in [0.29, 0.717) is 28.0 Å². The van der Waals surface area contributed by atoms with Crippen molar-refractivity contribution < 1.29 is 18.3 Å². The van der Waals surface area contributed by atoms with E-state index in [1.54, 1.807) is 6.07 Å². The van der Waals surface area contributed by atoms with E-state index in [-0.39, 0.29) is 4.88 Å². The van der Waals surface area contributed by atoms with E-state index in [1.165, 1.54) is 19.2 Å². The molecular formula is C11H8ClF2N3O2S. The lowest BCUT2D eigenvalue weighted by Crippen LogP contribution is -2.13. The van der Waals surface area contributed by atoms with Crippen LogP contribution in [0.5, 0.6) is 5.75 Å². The monoisotopic (exact) mass is 319 g/mol. The molecule has 1 heterocycles. The molecule has 0 atom stereocenters. The Morgan fingerprint density at radius 1 is 1.50 bits per heavy atom. The number of hydrogen-bond acceptors (Lipinski definition) is 5. The molecular weight excluding hydrogens is 312 g/mol. The third-order valence-corrected chi connectivity index (χ3v) is 3.31. The predicted octanol–water partition coefficient (Wildman–Crippen LogP) is 3.39. The summed E-state index contributed by atoms with van der Waals surface area (Å²) in [5.41, 5.74) is -0.323. The van der Waals surface area contributed by atoms with Crippen LogP contribution in [0, 0.1) is 0 Å². The maximum atomic E-state index is 12.6. The molecule has 0 saturated carbocycles. The Bertz CT molecular complexity index is 636. The van der Waals surface area contributed by atoms with Gasteiger partial charge >= 0.3 is 0 Å². The number of nitrogens with zero attached hydrogens (tertiary/aromatic N) is 2. The van der Waals surface area contributed by atoms with Gasteiger partial charge in [-0.25, -0.2) is 8.78 Å². The van der Waals surface area contributed by atoms with Crippen LogP contribution in [0.2, 0.25) is 5.02 Å². The molecule has 0 aliphatic heterocycles. The number of ether oxygens (including phenoxy) is 1. The summed E-state index contributed by atoms with van der Waals surface area (Å²) < 4.78 is 33.7. The summed E-state index contributed by atoms with van der Waals surface area (Å²) >= 11 is 6.39. The molecule has 5 nitrogen and oxygen atoms in total. The number of amides is 1. The average molecular weight is 320 g/mol. The SMILES string of the molecule is COc1cc(Cl)ccc1NC(=O)c1snnc1C(F)F. The Morgan fingerprint density at radius 2 is 2.25 bits per heavy atom. The van der Waals surface area contributed by atoms with Gasteiger partial charge in [0, 0.05) is 11.1 Å². The van der Waals surface area contributed by atoms with E-state index in [4.69, 9.17) is 16.3 Å². The van der Waals surface area contributed by atoms with Crippen molar-refractivity contribution in [3.05, 3.63) is 33.8 Å². The number of anilines is 1. The standard InChI is InChI=1S/C11H8ClF2N3O2S/c1-19-7-4-5(12)2-3-6(7)15-11(18)9-8(10(13)14)16-17-20-9/h2-4,10H,1H3,(H,15,18). The van der Waals surface area contributed by atoms with Crippen LogP contribution in [0.1, 0.15) is 21.8 Å². The van der Waals surface area contributed by atoms with E-state index in [2.05, 4.69) is 14.9 Å². The number of carbonyl (C=O) groups excluding carboxylic acids is 1. The van der Waals surface area contributed by atoms with Crippen LogP contribution in [-0.2, 0) is 0 Å². The van der Waals surface area contributed by atoms with E-state index in [1.807, 2.05) is 0 Å². The van der Waals surface area contributed by atoms with Gasteiger partial charge in [0.15, 0.2) is 5.69 Å². The minimum absolute atomic E-state index is 0.239. The summed E-state index contributed by atoms with van der Waals surface area (Å²) in [6, 6.07) is 4.55. The quantitative estimate of drug-likeness (QED) is 0.938. The zero-order valence-corrected chi connectivity index (χ0v) is 11.6. The number of aromatic nitrogens is 2. The van der Waals surface area contributed by atoms with Crippen molar-refractivity contribution in [2.75, 3.05) is 12.4 Å². The maximum Gasteiger partial charge on any atom is 0.283 e. The molecule has 0 aliphatic carbocycles. The van der Waals surface area contributed by atoms with Crippen molar-refractivity contribution in [2.45, 2.75) is 6.43 Å². The molecule has 1 amide bonds. The summed E-state index contributed by atoms with van der Waals surface area (Å²) in [6.45, 7) is 0. The molecule has 106 valence electrons. The number of alkyl halides is 2. The van der Waals surface area contributed by atoms with E-state index >= 15 is 0 Å². The molecule has 0 bridgehead atoms. The van der Waals surface area contributed by atoms with Gasteiger partial charge in [0.25, 0.3) is 12.3 Å². The Kier molecular flexibility index (Phi) is 4.46. The first-order valence-corrected chi connectivity index (χ1v) is 6.43. The van der Waals surface area contributed by atoms with Gasteiger partial charge in [0.05, 0.1) is 12.8 Å². The fourth-order valence-corrected chi connectivity index (χ4v) is 2.18. The van der Waals surface area contributed by atoms with Gasteiger partial charge in [-0.3, -0.25) is 4.79 Å². The zero-order chi connectivity index (χ0) is 14.7. The van der Waals surface area contributed by atoms with Gasteiger partial charge in [0.2, 0.25) is 0 Å². The van der Waals surface area contributed by atoms with Gasteiger partial charge in [-0.2, -0.15) is 0 Å². The Labute approximate surface area is 121 Å². The first-order valence-electron chi connectivity index (χ1n) is 5.28. The number of carbonyl (C=O) groups is 1. The lowest BCUT2D eigenvalue weighted by Gasteiger charge is -2.09. The van der Waals surface area contributed by atoms with Crippen LogP contribution in [0.3, 0.4) is 0 Å². The number of benzene rings is 1. The maximum absolute atomic E-state index is 12.6. The smallest absolute Gasteiger partial charge is 0.283 e. The number of hydrogen-bond donors (Lipinski definition) is 1. The second-order valence-corrected chi connectivity index (χ2v) is 4.78. The van der Waals surface area contributed by atoms with Crippen molar-refractivity contribution in [1.29, 1.82) is 0 Å². The molecule has 0 saturated heterocycles. The lowest BCUT2D eigenvalue weighted by atomic mass is 10.2. The Morgan fingerprint density at radius 3 is 2.90 bits per heavy atom. The van der Waals surface area contributed by atoms with Crippen molar-refractivity contribution >= 4 is 34.7 Å². The largest absolute Gasteiger partial charge is 0.495 e. The molecule has 2 rings (SSSR count). The van der Waals surface area contributed by atoms with E-state index < -0.39 is 18.0 Å². The van der Waals surface area contributed by atoms with Crippen LogP contribution in [0.25, 0.3) is 0 Å². The first kappa shape index (κ1) is 14.6.